The minimum Gasteiger partial charge on any atom is -0.416 e. The number of rotatable bonds is 4. The van der Waals surface area contributed by atoms with Crippen LogP contribution in [0.2, 0.25) is 5.02 Å². The Kier molecular flexibility index (Phi) is 4.28. The van der Waals surface area contributed by atoms with Gasteiger partial charge in [0.1, 0.15) is 5.01 Å². The molecule has 0 atom stereocenters. The fourth-order valence-corrected chi connectivity index (χ4v) is 2.54. The monoisotopic (exact) mass is 306 g/mol. The van der Waals surface area contributed by atoms with Crippen LogP contribution in [-0.4, -0.2) is 21.7 Å². The van der Waals surface area contributed by atoms with Crippen molar-refractivity contribution in [2.24, 2.45) is 0 Å². The average molecular weight is 307 g/mol. The van der Waals surface area contributed by atoms with Gasteiger partial charge >= 0.3 is 6.61 Å². The molecule has 4 nitrogen and oxygen atoms in total. The highest BCUT2D eigenvalue weighted by Gasteiger charge is 2.17. The van der Waals surface area contributed by atoms with Crippen LogP contribution in [0.15, 0.2) is 12.3 Å². The Hall–Kier alpha value is -1.31. The number of aliphatic hydroxyl groups excluding tert-OH is 1. The first-order valence-corrected chi connectivity index (χ1v) is 6.38. The van der Waals surface area contributed by atoms with Crippen LogP contribution in [0.4, 0.5) is 8.78 Å². The summed E-state index contributed by atoms with van der Waals surface area (Å²) in [5, 5.41) is 9.84. The van der Waals surface area contributed by atoms with Crippen molar-refractivity contribution in [3.63, 3.8) is 0 Å². The molecule has 2 aromatic heterocycles. The second-order valence-corrected chi connectivity index (χ2v) is 5.09. The van der Waals surface area contributed by atoms with Crippen LogP contribution < -0.4 is 4.74 Å². The van der Waals surface area contributed by atoms with E-state index in [2.05, 4.69) is 14.7 Å². The minimum atomic E-state index is -2.98. The maximum atomic E-state index is 12.3. The number of hydrogen-bond acceptors (Lipinski definition) is 5. The van der Waals surface area contributed by atoms with Gasteiger partial charge in [-0.3, -0.25) is 0 Å². The summed E-state index contributed by atoms with van der Waals surface area (Å²) in [6.45, 7) is -1.43. The fourth-order valence-electron chi connectivity index (χ4n) is 1.45. The van der Waals surface area contributed by atoms with E-state index in [0.29, 0.717) is 15.6 Å². The number of pyridine rings is 1. The molecule has 2 rings (SSSR count). The number of aromatic nitrogens is 2. The highest BCUT2D eigenvalue weighted by molar-refractivity contribution is 7.15. The second kappa shape index (κ2) is 5.77. The molecule has 0 aromatic carbocycles. The molecular weight excluding hydrogens is 298 g/mol. The number of nitrogens with zero attached hydrogens (tertiary/aromatic N) is 2. The first kappa shape index (κ1) is 14.1. The highest BCUT2D eigenvalue weighted by Crippen LogP contribution is 2.35. The largest absolute Gasteiger partial charge is 0.416 e. The summed E-state index contributed by atoms with van der Waals surface area (Å²) in [4.78, 5) is 8.58. The van der Waals surface area contributed by atoms with Crippen LogP contribution in [0.1, 0.15) is 10.6 Å². The summed E-state index contributed by atoms with van der Waals surface area (Å²) in [5.41, 5.74) is 0.908. The van der Waals surface area contributed by atoms with Crippen molar-refractivity contribution in [1.82, 2.24) is 9.97 Å². The number of aliphatic hydroxyl groups is 1. The Morgan fingerprint density at radius 1 is 1.53 bits per heavy atom. The molecule has 0 aliphatic rings. The molecule has 8 heteroatoms. The lowest BCUT2D eigenvalue weighted by Gasteiger charge is -2.07. The van der Waals surface area contributed by atoms with Gasteiger partial charge in [0, 0.05) is 6.20 Å². The summed E-state index contributed by atoms with van der Waals surface area (Å²) < 4.78 is 29.0. The molecule has 19 heavy (non-hydrogen) atoms. The third kappa shape index (κ3) is 3.17. The lowest BCUT2D eigenvalue weighted by Crippen LogP contribution is -2.04. The fraction of sp³-hybridized carbons (Fsp3) is 0.273. The van der Waals surface area contributed by atoms with Gasteiger partial charge in [-0.15, -0.1) is 11.3 Å². The van der Waals surface area contributed by atoms with Gasteiger partial charge in [0.05, 0.1) is 27.8 Å². The summed E-state index contributed by atoms with van der Waals surface area (Å²) in [6, 6.07) is 1.45. The molecule has 0 spiro atoms. The van der Waals surface area contributed by atoms with Crippen LogP contribution in [0.5, 0.6) is 5.88 Å². The topological polar surface area (TPSA) is 55.2 Å². The molecule has 0 radical (unpaired) electrons. The molecule has 102 valence electrons. The van der Waals surface area contributed by atoms with Gasteiger partial charge in [-0.05, 0) is 13.0 Å². The predicted molar refractivity (Wildman–Crippen MR) is 67.6 cm³/mol. The molecule has 0 amide bonds. The van der Waals surface area contributed by atoms with E-state index in [1.807, 2.05) is 0 Å². The molecule has 0 aliphatic carbocycles. The SMILES string of the molecule is Cc1nc(-c2cc(Cl)cnc2OC(F)F)sc1CO. The molecule has 0 saturated carbocycles. The molecule has 2 aromatic rings. The summed E-state index contributed by atoms with van der Waals surface area (Å²) >= 11 is 6.98. The number of hydrogen-bond donors (Lipinski definition) is 1. The van der Waals surface area contributed by atoms with E-state index in [-0.39, 0.29) is 23.1 Å². The molecule has 2 heterocycles. The molecule has 0 fully saturated rings. The van der Waals surface area contributed by atoms with Crippen LogP contribution in [0, 0.1) is 6.92 Å². The molecule has 0 saturated heterocycles. The highest BCUT2D eigenvalue weighted by atomic mass is 35.5. The van der Waals surface area contributed by atoms with Gasteiger partial charge in [0.2, 0.25) is 5.88 Å². The van der Waals surface area contributed by atoms with Crippen molar-refractivity contribution in [1.29, 1.82) is 0 Å². The zero-order valence-corrected chi connectivity index (χ0v) is 11.3. The smallest absolute Gasteiger partial charge is 0.388 e. The lowest BCUT2D eigenvalue weighted by atomic mass is 10.3. The Morgan fingerprint density at radius 2 is 2.26 bits per heavy atom. The Morgan fingerprint density at radius 3 is 2.84 bits per heavy atom. The summed E-state index contributed by atoms with van der Waals surface area (Å²) in [5.74, 6) is -0.238. The van der Waals surface area contributed by atoms with Crippen LogP contribution in [0.3, 0.4) is 0 Å². The molecule has 0 bridgehead atoms. The van der Waals surface area contributed by atoms with Gasteiger partial charge in [0.25, 0.3) is 0 Å². The van der Waals surface area contributed by atoms with E-state index in [1.54, 1.807) is 6.92 Å². The number of ether oxygens (including phenoxy) is 1. The van der Waals surface area contributed by atoms with Crippen molar-refractivity contribution in [2.75, 3.05) is 0 Å². The van der Waals surface area contributed by atoms with Crippen molar-refractivity contribution < 1.29 is 18.6 Å². The van der Waals surface area contributed by atoms with E-state index in [1.165, 1.54) is 23.6 Å². The van der Waals surface area contributed by atoms with E-state index in [0.717, 1.165) is 0 Å². The van der Waals surface area contributed by atoms with Gasteiger partial charge in [-0.25, -0.2) is 9.97 Å². The third-order valence-electron chi connectivity index (χ3n) is 2.29. The summed E-state index contributed by atoms with van der Waals surface area (Å²) in [7, 11) is 0. The van der Waals surface area contributed by atoms with Crippen molar-refractivity contribution in [2.45, 2.75) is 20.1 Å². The molecular formula is C11H9ClF2N2O2S. The van der Waals surface area contributed by atoms with E-state index >= 15 is 0 Å². The van der Waals surface area contributed by atoms with Crippen LogP contribution in [0.25, 0.3) is 10.6 Å². The van der Waals surface area contributed by atoms with E-state index in [4.69, 9.17) is 16.7 Å². The van der Waals surface area contributed by atoms with E-state index in [9.17, 15) is 8.78 Å². The van der Waals surface area contributed by atoms with Crippen molar-refractivity contribution in [3.8, 4) is 16.5 Å². The maximum absolute atomic E-state index is 12.3. The van der Waals surface area contributed by atoms with Gasteiger partial charge in [-0.1, -0.05) is 11.6 Å². The Labute approximate surface area is 116 Å². The third-order valence-corrected chi connectivity index (χ3v) is 3.67. The Balaban J connectivity index is 2.49. The van der Waals surface area contributed by atoms with Gasteiger partial charge < -0.3 is 9.84 Å². The van der Waals surface area contributed by atoms with Crippen molar-refractivity contribution in [3.05, 3.63) is 27.9 Å². The normalized spacial score (nSPS) is 11.1. The molecule has 1 N–H and O–H groups in total. The standard InChI is InChI=1S/C11H9ClF2N2O2S/c1-5-8(4-17)19-10(16-5)7-2-6(12)3-15-9(7)18-11(13)14/h2-3,11,17H,4H2,1H3. The molecule has 0 aliphatic heterocycles. The lowest BCUT2D eigenvalue weighted by molar-refractivity contribution is -0.0524. The van der Waals surface area contributed by atoms with Crippen LogP contribution >= 0.6 is 22.9 Å². The van der Waals surface area contributed by atoms with Crippen molar-refractivity contribution >= 4 is 22.9 Å². The number of alkyl halides is 2. The quantitative estimate of drug-likeness (QED) is 0.942. The maximum Gasteiger partial charge on any atom is 0.388 e. The minimum absolute atomic E-state index is 0.164. The van der Waals surface area contributed by atoms with Gasteiger partial charge in [0.15, 0.2) is 0 Å². The van der Waals surface area contributed by atoms with Crippen LogP contribution in [-0.2, 0) is 6.61 Å². The van der Waals surface area contributed by atoms with Gasteiger partial charge in [-0.2, -0.15) is 8.78 Å². The van der Waals surface area contributed by atoms with E-state index < -0.39 is 6.61 Å². The average Bonchev–Trinajstić information content (AvgIpc) is 2.72. The second-order valence-electron chi connectivity index (χ2n) is 3.57. The molecule has 0 unspecified atom stereocenters. The first-order valence-electron chi connectivity index (χ1n) is 5.19. The predicted octanol–water partition coefficient (Wildman–Crippen LogP) is 3.26. The zero-order valence-electron chi connectivity index (χ0n) is 9.73. The first-order chi connectivity index (χ1) is 9.01. The zero-order chi connectivity index (χ0) is 14.0. The number of thiazole rings is 1. The Bertz CT molecular complexity index is 592. The number of halogens is 3. The summed E-state index contributed by atoms with van der Waals surface area (Å²) in [6.07, 6.45) is 1.22. The number of aryl methyl sites for hydroxylation is 1.